The summed E-state index contributed by atoms with van der Waals surface area (Å²) in [6.45, 7) is 4.14. The molecule has 1 fully saturated rings. The van der Waals surface area contributed by atoms with Crippen LogP contribution >= 0.6 is 0 Å². The van der Waals surface area contributed by atoms with Gasteiger partial charge in [-0.2, -0.15) is 0 Å². The van der Waals surface area contributed by atoms with Gasteiger partial charge in [0.05, 0.1) is 19.0 Å². The maximum Gasteiger partial charge on any atom is 0.227 e. The van der Waals surface area contributed by atoms with Crippen LogP contribution in [0.15, 0.2) is 60.8 Å². The van der Waals surface area contributed by atoms with E-state index in [0.29, 0.717) is 6.42 Å². The molecule has 1 aliphatic rings. The number of pyridine rings is 1. The Kier molecular flexibility index (Phi) is 5.53. The van der Waals surface area contributed by atoms with E-state index in [4.69, 9.17) is 4.74 Å². The van der Waals surface area contributed by atoms with Crippen molar-refractivity contribution in [1.82, 2.24) is 14.8 Å². The number of methoxy groups -OCH3 is 1. The van der Waals surface area contributed by atoms with Crippen LogP contribution in [0.1, 0.15) is 11.1 Å². The van der Waals surface area contributed by atoms with E-state index in [1.165, 1.54) is 10.9 Å². The van der Waals surface area contributed by atoms with Crippen LogP contribution < -0.4 is 4.74 Å². The fourth-order valence-electron chi connectivity index (χ4n) is 3.74. The maximum absolute atomic E-state index is 12.7. The van der Waals surface area contributed by atoms with Gasteiger partial charge in [0.25, 0.3) is 0 Å². The smallest absolute Gasteiger partial charge is 0.227 e. The molecule has 5 nitrogen and oxygen atoms in total. The Bertz CT molecular complexity index is 965. The van der Waals surface area contributed by atoms with E-state index in [-0.39, 0.29) is 5.91 Å². The highest BCUT2D eigenvalue weighted by molar-refractivity contribution is 5.80. The minimum atomic E-state index is 0.163. The van der Waals surface area contributed by atoms with E-state index >= 15 is 0 Å². The summed E-state index contributed by atoms with van der Waals surface area (Å²) in [5, 5.41) is 1.17. The van der Waals surface area contributed by atoms with Gasteiger partial charge in [-0.25, -0.2) is 0 Å². The van der Waals surface area contributed by atoms with Crippen LogP contribution in [0.3, 0.4) is 0 Å². The summed E-state index contributed by atoms with van der Waals surface area (Å²) in [5.74, 6) is 0.940. The van der Waals surface area contributed by atoms with Crippen molar-refractivity contribution >= 4 is 16.8 Å². The fourth-order valence-corrected chi connectivity index (χ4v) is 3.74. The molecule has 1 saturated heterocycles. The Hall–Kier alpha value is -2.92. The van der Waals surface area contributed by atoms with Gasteiger partial charge < -0.3 is 9.64 Å². The molecule has 0 bridgehead atoms. The first-order valence-electron chi connectivity index (χ1n) is 9.68. The van der Waals surface area contributed by atoms with Crippen molar-refractivity contribution in [2.45, 2.75) is 13.0 Å². The van der Waals surface area contributed by atoms with Gasteiger partial charge in [-0.3, -0.25) is 14.7 Å². The molecule has 0 saturated carbocycles. The van der Waals surface area contributed by atoms with Crippen LogP contribution in [-0.4, -0.2) is 54.0 Å². The van der Waals surface area contributed by atoms with Gasteiger partial charge in [0.1, 0.15) is 5.75 Å². The number of hydrogen-bond donors (Lipinski definition) is 0. The number of carbonyl (C=O) groups is 1. The zero-order chi connectivity index (χ0) is 19.3. The molecular formula is C23H25N3O2. The molecule has 2 heterocycles. The first-order chi connectivity index (χ1) is 13.7. The highest BCUT2D eigenvalue weighted by Gasteiger charge is 2.22. The monoisotopic (exact) mass is 375 g/mol. The summed E-state index contributed by atoms with van der Waals surface area (Å²) < 4.78 is 5.36. The third-order valence-corrected chi connectivity index (χ3v) is 5.31. The summed E-state index contributed by atoms with van der Waals surface area (Å²) in [6.07, 6.45) is 2.35. The second kappa shape index (κ2) is 8.40. The molecule has 0 N–H and O–H groups in total. The van der Waals surface area contributed by atoms with Crippen molar-refractivity contribution in [1.29, 1.82) is 0 Å². The van der Waals surface area contributed by atoms with Crippen LogP contribution in [0.25, 0.3) is 10.9 Å². The van der Waals surface area contributed by atoms with E-state index in [0.717, 1.165) is 49.6 Å². The Balaban J connectivity index is 1.33. The molecular weight excluding hydrogens is 350 g/mol. The molecule has 1 amide bonds. The van der Waals surface area contributed by atoms with Crippen LogP contribution in [-0.2, 0) is 17.8 Å². The Morgan fingerprint density at radius 2 is 1.79 bits per heavy atom. The zero-order valence-electron chi connectivity index (χ0n) is 16.2. The number of amides is 1. The lowest BCUT2D eigenvalue weighted by Gasteiger charge is -2.35. The number of nitrogens with zero attached hydrogens (tertiary/aromatic N) is 3. The molecule has 1 aromatic heterocycles. The predicted molar refractivity (Wildman–Crippen MR) is 110 cm³/mol. The molecule has 144 valence electrons. The number of para-hydroxylation sites is 2. The summed E-state index contributed by atoms with van der Waals surface area (Å²) in [6, 6.07) is 18.1. The minimum absolute atomic E-state index is 0.163. The SMILES string of the molecule is COc1ccccc1CC(=O)N1CCN(Cc2cnc3ccccc3c2)CC1. The van der Waals surface area contributed by atoms with Gasteiger partial charge in [-0.1, -0.05) is 36.4 Å². The van der Waals surface area contributed by atoms with Crippen LogP contribution in [0.2, 0.25) is 0 Å². The van der Waals surface area contributed by atoms with E-state index in [9.17, 15) is 4.79 Å². The van der Waals surface area contributed by atoms with Crippen molar-refractivity contribution in [3.05, 3.63) is 71.9 Å². The van der Waals surface area contributed by atoms with E-state index in [1.54, 1.807) is 7.11 Å². The molecule has 0 aliphatic carbocycles. The topological polar surface area (TPSA) is 45.7 Å². The lowest BCUT2D eigenvalue weighted by Crippen LogP contribution is -2.48. The van der Waals surface area contributed by atoms with Gasteiger partial charge in [0, 0.05) is 49.9 Å². The van der Waals surface area contributed by atoms with Crippen molar-refractivity contribution in [2.75, 3.05) is 33.3 Å². The summed E-state index contributed by atoms with van der Waals surface area (Å²) >= 11 is 0. The number of benzene rings is 2. The van der Waals surface area contributed by atoms with Gasteiger partial charge in [-0.15, -0.1) is 0 Å². The zero-order valence-corrected chi connectivity index (χ0v) is 16.2. The number of hydrogen-bond acceptors (Lipinski definition) is 4. The largest absolute Gasteiger partial charge is 0.496 e. The minimum Gasteiger partial charge on any atom is -0.496 e. The van der Waals surface area contributed by atoms with Crippen LogP contribution in [0.5, 0.6) is 5.75 Å². The molecule has 3 aromatic rings. The Morgan fingerprint density at radius 3 is 2.61 bits per heavy atom. The van der Waals surface area contributed by atoms with E-state index in [2.05, 4.69) is 22.0 Å². The highest BCUT2D eigenvalue weighted by atomic mass is 16.5. The summed E-state index contributed by atoms with van der Waals surface area (Å²) in [5.41, 5.74) is 3.19. The van der Waals surface area contributed by atoms with Crippen molar-refractivity contribution in [3.8, 4) is 5.75 Å². The van der Waals surface area contributed by atoms with Gasteiger partial charge in [0.15, 0.2) is 0 Å². The van der Waals surface area contributed by atoms with Gasteiger partial charge >= 0.3 is 0 Å². The highest BCUT2D eigenvalue weighted by Crippen LogP contribution is 2.19. The van der Waals surface area contributed by atoms with Crippen molar-refractivity contribution < 1.29 is 9.53 Å². The molecule has 2 aromatic carbocycles. The average Bonchev–Trinajstić information content (AvgIpc) is 2.74. The first-order valence-corrected chi connectivity index (χ1v) is 9.68. The molecule has 28 heavy (non-hydrogen) atoms. The van der Waals surface area contributed by atoms with Gasteiger partial charge in [-0.05, 0) is 23.8 Å². The Morgan fingerprint density at radius 1 is 1.04 bits per heavy atom. The molecule has 0 unspecified atom stereocenters. The maximum atomic E-state index is 12.7. The third-order valence-electron chi connectivity index (χ3n) is 5.31. The summed E-state index contributed by atoms with van der Waals surface area (Å²) in [4.78, 5) is 21.6. The fraction of sp³-hybridized carbons (Fsp3) is 0.304. The molecule has 1 aliphatic heterocycles. The molecule has 0 radical (unpaired) electrons. The number of aromatic nitrogens is 1. The molecule has 4 rings (SSSR count). The van der Waals surface area contributed by atoms with Crippen LogP contribution in [0.4, 0.5) is 0 Å². The number of rotatable bonds is 5. The molecule has 0 spiro atoms. The van der Waals surface area contributed by atoms with Crippen molar-refractivity contribution in [3.63, 3.8) is 0 Å². The third kappa shape index (κ3) is 4.15. The normalized spacial score (nSPS) is 15.0. The lowest BCUT2D eigenvalue weighted by molar-refractivity contribution is -0.132. The second-order valence-electron chi connectivity index (χ2n) is 7.18. The lowest BCUT2D eigenvalue weighted by atomic mass is 10.1. The average molecular weight is 375 g/mol. The van der Waals surface area contributed by atoms with Crippen molar-refractivity contribution in [2.24, 2.45) is 0 Å². The standard InChI is InChI=1S/C23H25N3O2/c1-28-22-9-5-3-7-20(22)15-23(27)26-12-10-25(11-13-26)17-18-14-19-6-2-4-8-21(19)24-16-18/h2-9,14,16H,10-13,15,17H2,1H3. The second-order valence-corrected chi connectivity index (χ2v) is 7.18. The molecule has 0 atom stereocenters. The van der Waals surface area contributed by atoms with E-state index < -0.39 is 0 Å². The quantitative estimate of drug-likeness (QED) is 0.687. The summed E-state index contributed by atoms with van der Waals surface area (Å²) in [7, 11) is 1.64. The number of piperazine rings is 1. The predicted octanol–water partition coefficient (Wildman–Crippen LogP) is 3.13. The number of ether oxygens (including phenoxy) is 1. The first kappa shape index (κ1) is 18.4. The van der Waals surface area contributed by atoms with Gasteiger partial charge in [0.2, 0.25) is 5.91 Å². The van der Waals surface area contributed by atoms with E-state index in [1.807, 2.05) is 53.6 Å². The Labute approximate surface area is 165 Å². The number of fused-ring (bicyclic) bond motifs is 1. The molecule has 5 heteroatoms. The van der Waals surface area contributed by atoms with Crippen LogP contribution in [0, 0.1) is 0 Å². The number of carbonyl (C=O) groups excluding carboxylic acids is 1.